The molecule has 1 aliphatic rings. The van der Waals surface area contributed by atoms with Gasteiger partial charge in [0.1, 0.15) is 6.10 Å². The van der Waals surface area contributed by atoms with Gasteiger partial charge in [0, 0.05) is 36.6 Å². The first-order valence-electron chi connectivity index (χ1n) is 6.54. The summed E-state index contributed by atoms with van der Waals surface area (Å²) >= 11 is 0. The Morgan fingerprint density at radius 1 is 1.61 bits per heavy atom. The zero-order chi connectivity index (χ0) is 13.1. The largest absolute Gasteiger partial charge is 0.368 e. The van der Waals surface area contributed by atoms with Crippen molar-refractivity contribution in [3.63, 3.8) is 0 Å². The third kappa shape index (κ3) is 2.85. The lowest BCUT2D eigenvalue weighted by Crippen LogP contribution is -2.38. The molecule has 1 saturated heterocycles. The normalized spacial score (nSPS) is 23.0. The summed E-state index contributed by atoms with van der Waals surface area (Å²) < 4.78 is 5.75. The molecule has 100 valence electrons. The monoisotopic (exact) mass is 250 g/mol. The highest BCUT2D eigenvalue weighted by molar-refractivity contribution is 5.20. The summed E-state index contributed by atoms with van der Waals surface area (Å²) in [6.07, 6.45) is 1.82. The first kappa shape index (κ1) is 13.4. The van der Waals surface area contributed by atoms with E-state index in [1.54, 1.807) is 0 Å². The molecule has 0 aromatic carbocycles. The highest BCUT2D eigenvalue weighted by Crippen LogP contribution is 2.21. The molecule has 2 atom stereocenters. The van der Waals surface area contributed by atoms with Crippen LogP contribution in [0.15, 0.2) is 6.20 Å². The first-order chi connectivity index (χ1) is 8.61. The number of morpholine rings is 1. The smallest absolute Gasteiger partial charge is 0.158 e. The summed E-state index contributed by atoms with van der Waals surface area (Å²) in [4.78, 5) is 11.3. The van der Waals surface area contributed by atoms with Gasteiger partial charge in [-0.05, 0) is 20.4 Å². The van der Waals surface area contributed by atoms with Crippen molar-refractivity contribution < 1.29 is 4.74 Å². The van der Waals surface area contributed by atoms with Gasteiger partial charge in [-0.15, -0.1) is 0 Å². The molecule has 0 radical (unpaired) electrons. The van der Waals surface area contributed by atoms with Gasteiger partial charge in [0.15, 0.2) is 5.82 Å². The second-order valence-electron chi connectivity index (χ2n) is 4.81. The molecule has 18 heavy (non-hydrogen) atoms. The fourth-order valence-corrected chi connectivity index (χ4v) is 2.24. The van der Waals surface area contributed by atoms with E-state index in [2.05, 4.69) is 21.8 Å². The Labute approximate surface area is 108 Å². The molecule has 1 fully saturated rings. The lowest BCUT2D eigenvalue weighted by molar-refractivity contribution is -0.0326. The molecule has 0 saturated carbocycles. The second kappa shape index (κ2) is 5.73. The summed E-state index contributed by atoms with van der Waals surface area (Å²) in [5.74, 6) is 0.773. The summed E-state index contributed by atoms with van der Waals surface area (Å²) in [7, 11) is 0. The minimum absolute atomic E-state index is 0.0143. The van der Waals surface area contributed by atoms with Gasteiger partial charge >= 0.3 is 0 Å². The topological polar surface area (TPSA) is 64.3 Å². The highest BCUT2D eigenvalue weighted by Gasteiger charge is 2.23. The lowest BCUT2D eigenvalue weighted by Gasteiger charge is -2.31. The van der Waals surface area contributed by atoms with Crippen LogP contribution in [0.2, 0.25) is 0 Å². The van der Waals surface area contributed by atoms with Crippen LogP contribution in [0, 0.1) is 6.92 Å². The van der Waals surface area contributed by atoms with E-state index in [1.165, 1.54) is 0 Å². The molecule has 2 heterocycles. The average Bonchev–Trinajstić information content (AvgIpc) is 2.38. The molecule has 2 N–H and O–H groups in total. The van der Waals surface area contributed by atoms with Gasteiger partial charge < -0.3 is 10.5 Å². The fraction of sp³-hybridized carbons (Fsp3) is 0.692. The SMILES string of the molecule is CCN1CCOC(c2ncc([C@@H](C)N)c(C)n2)C1. The van der Waals surface area contributed by atoms with Crippen LogP contribution >= 0.6 is 0 Å². The highest BCUT2D eigenvalue weighted by atomic mass is 16.5. The van der Waals surface area contributed by atoms with Crippen LogP contribution in [-0.4, -0.2) is 41.1 Å². The van der Waals surface area contributed by atoms with Crippen LogP contribution in [0.4, 0.5) is 0 Å². The van der Waals surface area contributed by atoms with Gasteiger partial charge in [-0.25, -0.2) is 9.97 Å². The maximum Gasteiger partial charge on any atom is 0.158 e. The number of nitrogens with two attached hydrogens (primary N) is 1. The molecule has 5 nitrogen and oxygen atoms in total. The van der Waals surface area contributed by atoms with Crippen LogP contribution < -0.4 is 5.73 Å². The standard InChI is InChI=1S/C13H22N4O/c1-4-17-5-6-18-12(8-17)13-15-7-11(9(2)14)10(3)16-13/h7,9,12H,4-6,8,14H2,1-3H3/t9-,12?/m1/s1. The Balaban J connectivity index is 2.16. The van der Waals surface area contributed by atoms with Gasteiger partial charge in [0.2, 0.25) is 0 Å². The Hall–Kier alpha value is -1.04. The van der Waals surface area contributed by atoms with Gasteiger partial charge in [0.05, 0.1) is 6.61 Å². The van der Waals surface area contributed by atoms with Gasteiger partial charge in [-0.3, -0.25) is 4.90 Å². The molecule has 0 spiro atoms. The van der Waals surface area contributed by atoms with Crippen molar-refractivity contribution >= 4 is 0 Å². The number of hydrogen-bond donors (Lipinski definition) is 1. The quantitative estimate of drug-likeness (QED) is 0.873. The van der Waals surface area contributed by atoms with Gasteiger partial charge in [-0.2, -0.15) is 0 Å². The zero-order valence-electron chi connectivity index (χ0n) is 11.4. The number of likely N-dealkylation sites (N-methyl/N-ethyl adjacent to an activating group) is 1. The lowest BCUT2D eigenvalue weighted by atomic mass is 10.1. The van der Waals surface area contributed by atoms with Crippen LogP contribution in [0.3, 0.4) is 0 Å². The number of aryl methyl sites for hydroxylation is 1. The van der Waals surface area contributed by atoms with Crippen LogP contribution in [0.1, 0.15) is 43.1 Å². The number of ether oxygens (including phenoxy) is 1. The van der Waals surface area contributed by atoms with E-state index < -0.39 is 0 Å². The predicted octanol–water partition coefficient (Wildman–Crippen LogP) is 1.20. The van der Waals surface area contributed by atoms with E-state index >= 15 is 0 Å². The summed E-state index contributed by atoms with van der Waals surface area (Å²) in [6, 6.07) is -0.0292. The van der Waals surface area contributed by atoms with Gasteiger partial charge in [-0.1, -0.05) is 6.92 Å². The van der Waals surface area contributed by atoms with E-state index in [1.807, 2.05) is 20.0 Å². The molecular formula is C13H22N4O. The van der Waals surface area contributed by atoms with Crippen molar-refractivity contribution in [3.05, 3.63) is 23.3 Å². The molecular weight excluding hydrogens is 228 g/mol. The Kier molecular flexibility index (Phi) is 4.27. The molecule has 1 aliphatic heterocycles. The summed E-state index contributed by atoms with van der Waals surface area (Å²) in [5, 5.41) is 0. The van der Waals surface area contributed by atoms with Crippen molar-refractivity contribution in [1.29, 1.82) is 0 Å². The molecule has 0 bridgehead atoms. The van der Waals surface area contributed by atoms with E-state index in [-0.39, 0.29) is 12.1 Å². The molecule has 1 aromatic rings. The van der Waals surface area contributed by atoms with Crippen LogP contribution in [0.25, 0.3) is 0 Å². The average molecular weight is 250 g/mol. The van der Waals surface area contributed by atoms with Crippen molar-refractivity contribution in [3.8, 4) is 0 Å². The van der Waals surface area contributed by atoms with E-state index in [0.717, 1.165) is 43.3 Å². The zero-order valence-corrected chi connectivity index (χ0v) is 11.4. The summed E-state index contributed by atoms with van der Waals surface area (Å²) in [6.45, 7) is 9.73. The van der Waals surface area contributed by atoms with Crippen molar-refractivity contribution in [1.82, 2.24) is 14.9 Å². The number of rotatable bonds is 3. The minimum atomic E-state index is -0.0292. The molecule has 1 aromatic heterocycles. The molecule has 5 heteroatoms. The van der Waals surface area contributed by atoms with Gasteiger partial charge in [0.25, 0.3) is 0 Å². The Bertz CT molecular complexity index is 408. The predicted molar refractivity (Wildman–Crippen MR) is 70.2 cm³/mol. The van der Waals surface area contributed by atoms with Crippen molar-refractivity contribution in [2.45, 2.75) is 32.9 Å². The Morgan fingerprint density at radius 2 is 2.39 bits per heavy atom. The van der Waals surface area contributed by atoms with E-state index in [9.17, 15) is 0 Å². The third-order valence-electron chi connectivity index (χ3n) is 3.41. The maximum absolute atomic E-state index is 5.87. The third-order valence-corrected chi connectivity index (χ3v) is 3.41. The minimum Gasteiger partial charge on any atom is -0.368 e. The van der Waals surface area contributed by atoms with Crippen molar-refractivity contribution in [2.75, 3.05) is 26.2 Å². The van der Waals surface area contributed by atoms with E-state index in [0.29, 0.717) is 0 Å². The molecule has 0 aliphatic carbocycles. The molecule has 2 rings (SSSR count). The second-order valence-corrected chi connectivity index (χ2v) is 4.81. The van der Waals surface area contributed by atoms with Crippen molar-refractivity contribution in [2.24, 2.45) is 5.73 Å². The van der Waals surface area contributed by atoms with E-state index in [4.69, 9.17) is 10.5 Å². The Morgan fingerprint density at radius 3 is 3.00 bits per heavy atom. The van der Waals surface area contributed by atoms with Crippen LogP contribution in [-0.2, 0) is 4.74 Å². The molecule has 1 unspecified atom stereocenters. The number of aromatic nitrogens is 2. The molecule has 0 amide bonds. The summed E-state index contributed by atoms with van der Waals surface area (Å²) in [5.41, 5.74) is 7.82. The maximum atomic E-state index is 5.87. The first-order valence-corrected chi connectivity index (χ1v) is 6.54. The van der Waals surface area contributed by atoms with Crippen LogP contribution in [0.5, 0.6) is 0 Å². The number of nitrogens with zero attached hydrogens (tertiary/aromatic N) is 3. The fourth-order valence-electron chi connectivity index (χ4n) is 2.24. The number of hydrogen-bond acceptors (Lipinski definition) is 5.